The zero-order valence-corrected chi connectivity index (χ0v) is 17.1. The highest BCUT2D eigenvalue weighted by Gasteiger charge is 2.17. The van der Waals surface area contributed by atoms with Gasteiger partial charge in [-0.2, -0.15) is 0 Å². The van der Waals surface area contributed by atoms with Gasteiger partial charge in [-0.3, -0.25) is 4.57 Å². The number of hydrogen-bond acceptors (Lipinski definition) is 3. The maximum atomic E-state index is 6.17. The number of benzene rings is 4. The molecule has 150 valence electrons. The second-order valence-electron chi connectivity index (χ2n) is 7.95. The molecule has 3 aromatic heterocycles. The second kappa shape index (κ2) is 6.53. The molecule has 0 bridgehead atoms. The van der Waals surface area contributed by atoms with E-state index in [-0.39, 0.29) is 0 Å². The number of fused-ring (bicyclic) bond motifs is 6. The van der Waals surface area contributed by atoms with Gasteiger partial charge in [-0.1, -0.05) is 66.7 Å². The molecular formula is C28H17N3O. The van der Waals surface area contributed by atoms with E-state index in [2.05, 4.69) is 59.2 Å². The van der Waals surface area contributed by atoms with Crippen LogP contribution in [0, 0.1) is 0 Å². The molecule has 0 saturated carbocycles. The molecule has 0 aliphatic rings. The molecule has 0 radical (unpaired) electrons. The molecule has 0 saturated heterocycles. The van der Waals surface area contributed by atoms with Crippen molar-refractivity contribution in [2.75, 3.05) is 0 Å². The van der Waals surface area contributed by atoms with Gasteiger partial charge in [0.2, 0.25) is 5.95 Å². The van der Waals surface area contributed by atoms with Gasteiger partial charge in [0.25, 0.3) is 0 Å². The minimum absolute atomic E-state index is 0.645. The molecule has 0 amide bonds. The predicted octanol–water partition coefficient (Wildman–Crippen LogP) is 7.14. The van der Waals surface area contributed by atoms with E-state index in [1.807, 2.05) is 48.8 Å². The summed E-state index contributed by atoms with van der Waals surface area (Å²) >= 11 is 0. The van der Waals surface area contributed by atoms with Gasteiger partial charge >= 0.3 is 0 Å². The molecule has 4 aromatic carbocycles. The largest absolute Gasteiger partial charge is 0.456 e. The highest BCUT2D eigenvalue weighted by molar-refractivity contribution is 6.17. The molecule has 0 atom stereocenters. The quantitative estimate of drug-likeness (QED) is 0.304. The van der Waals surface area contributed by atoms with Crippen molar-refractivity contribution in [3.63, 3.8) is 0 Å². The SMILES string of the molecule is c1ccc(-c2cnc(-n3c4ccccc4c4cc5c(cc43)oc3ccccc35)nc2)cc1. The van der Waals surface area contributed by atoms with E-state index in [9.17, 15) is 0 Å². The van der Waals surface area contributed by atoms with Crippen molar-refractivity contribution >= 4 is 43.7 Å². The third-order valence-electron chi connectivity index (χ3n) is 6.12. The lowest BCUT2D eigenvalue weighted by Gasteiger charge is -2.07. The minimum atomic E-state index is 0.645. The Labute approximate surface area is 183 Å². The Balaban J connectivity index is 1.51. The van der Waals surface area contributed by atoms with Gasteiger partial charge in [-0.15, -0.1) is 0 Å². The van der Waals surface area contributed by atoms with E-state index < -0.39 is 0 Å². The summed E-state index contributed by atoms with van der Waals surface area (Å²) in [5.74, 6) is 0.645. The van der Waals surface area contributed by atoms with Crippen LogP contribution in [0.4, 0.5) is 0 Å². The fourth-order valence-electron chi connectivity index (χ4n) is 4.62. The summed E-state index contributed by atoms with van der Waals surface area (Å²) in [6.07, 6.45) is 3.77. The van der Waals surface area contributed by atoms with Crippen LogP contribution in [0.3, 0.4) is 0 Å². The van der Waals surface area contributed by atoms with Crippen LogP contribution < -0.4 is 0 Å². The molecule has 4 heteroatoms. The van der Waals surface area contributed by atoms with E-state index >= 15 is 0 Å². The number of aromatic nitrogens is 3. The topological polar surface area (TPSA) is 43.9 Å². The molecule has 0 N–H and O–H groups in total. The zero-order chi connectivity index (χ0) is 21.1. The molecule has 3 heterocycles. The van der Waals surface area contributed by atoms with E-state index in [1.165, 1.54) is 5.39 Å². The summed E-state index contributed by atoms with van der Waals surface area (Å²) < 4.78 is 8.29. The number of furan rings is 1. The molecule has 0 fully saturated rings. The van der Waals surface area contributed by atoms with Crippen LogP contribution in [-0.2, 0) is 0 Å². The first-order valence-electron chi connectivity index (χ1n) is 10.6. The standard InChI is InChI=1S/C28H17N3O/c1-2-8-18(9-3-1)19-16-29-28(30-17-19)31-24-12-6-4-10-20(24)22-14-23-21-11-5-7-13-26(21)32-27(23)15-25(22)31/h1-17H. The number of para-hydroxylation sites is 2. The number of nitrogens with zero attached hydrogens (tertiary/aromatic N) is 3. The first-order valence-corrected chi connectivity index (χ1v) is 10.6. The summed E-state index contributed by atoms with van der Waals surface area (Å²) in [7, 11) is 0. The molecule has 0 unspecified atom stereocenters. The van der Waals surface area contributed by atoms with Crippen LogP contribution in [-0.4, -0.2) is 14.5 Å². The molecule has 4 nitrogen and oxygen atoms in total. The fraction of sp³-hybridized carbons (Fsp3) is 0. The molecule has 32 heavy (non-hydrogen) atoms. The van der Waals surface area contributed by atoms with Crippen LogP contribution in [0.2, 0.25) is 0 Å². The molecule has 0 spiro atoms. The summed E-state index contributed by atoms with van der Waals surface area (Å²) in [6, 6.07) is 31.1. The van der Waals surface area contributed by atoms with E-state index in [0.29, 0.717) is 5.95 Å². The average molecular weight is 411 g/mol. The van der Waals surface area contributed by atoms with E-state index in [1.54, 1.807) is 0 Å². The molecule has 0 aliphatic heterocycles. The van der Waals surface area contributed by atoms with Gasteiger partial charge in [-0.05, 0) is 23.8 Å². The van der Waals surface area contributed by atoms with Gasteiger partial charge in [0.05, 0.1) is 11.0 Å². The maximum absolute atomic E-state index is 6.17. The van der Waals surface area contributed by atoms with Gasteiger partial charge in [-0.25, -0.2) is 9.97 Å². The van der Waals surface area contributed by atoms with Crippen LogP contribution in [0.15, 0.2) is 108 Å². The number of hydrogen-bond donors (Lipinski definition) is 0. The van der Waals surface area contributed by atoms with Crippen molar-refractivity contribution in [3.05, 3.63) is 103 Å². The number of rotatable bonds is 2. The van der Waals surface area contributed by atoms with Crippen LogP contribution >= 0.6 is 0 Å². The van der Waals surface area contributed by atoms with Crippen molar-refractivity contribution in [2.24, 2.45) is 0 Å². The normalized spacial score (nSPS) is 11.8. The predicted molar refractivity (Wildman–Crippen MR) is 129 cm³/mol. The van der Waals surface area contributed by atoms with Crippen LogP contribution in [0.5, 0.6) is 0 Å². The maximum Gasteiger partial charge on any atom is 0.234 e. The zero-order valence-electron chi connectivity index (χ0n) is 17.1. The van der Waals surface area contributed by atoms with E-state index in [0.717, 1.165) is 49.5 Å². The molecule has 7 aromatic rings. The second-order valence-corrected chi connectivity index (χ2v) is 7.95. The molecular weight excluding hydrogens is 394 g/mol. The molecule has 0 aliphatic carbocycles. The highest BCUT2D eigenvalue weighted by Crippen LogP contribution is 2.37. The van der Waals surface area contributed by atoms with Crippen molar-refractivity contribution in [1.82, 2.24) is 14.5 Å². The van der Waals surface area contributed by atoms with Crippen molar-refractivity contribution < 1.29 is 4.42 Å². The summed E-state index contributed by atoms with van der Waals surface area (Å²) in [6.45, 7) is 0. The minimum Gasteiger partial charge on any atom is -0.456 e. The van der Waals surface area contributed by atoms with Crippen molar-refractivity contribution in [2.45, 2.75) is 0 Å². The fourth-order valence-corrected chi connectivity index (χ4v) is 4.62. The molecule has 7 rings (SSSR count). The smallest absolute Gasteiger partial charge is 0.234 e. The highest BCUT2D eigenvalue weighted by atomic mass is 16.3. The first-order chi connectivity index (χ1) is 15.9. The van der Waals surface area contributed by atoms with E-state index in [4.69, 9.17) is 14.4 Å². The third kappa shape index (κ3) is 2.44. The Morgan fingerprint density at radius 3 is 2.09 bits per heavy atom. The Hall–Kier alpha value is -4.44. The summed E-state index contributed by atoms with van der Waals surface area (Å²) in [4.78, 5) is 9.48. The summed E-state index contributed by atoms with van der Waals surface area (Å²) in [5.41, 5.74) is 5.97. The van der Waals surface area contributed by atoms with Gasteiger partial charge < -0.3 is 4.42 Å². The lowest BCUT2D eigenvalue weighted by molar-refractivity contribution is 0.669. The lowest BCUT2D eigenvalue weighted by Crippen LogP contribution is -2.00. The summed E-state index contributed by atoms with van der Waals surface area (Å²) in [5, 5.41) is 4.59. The van der Waals surface area contributed by atoms with Crippen LogP contribution in [0.1, 0.15) is 0 Å². The lowest BCUT2D eigenvalue weighted by atomic mass is 10.1. The van der Waals surface area contributed by atoms with Gasteiger partial charge in [0, 0.05) is 45.6 Å². The Morgan fingerprint density at radius 1 is 0.531 bits per heavy atom. The van der Waals surface area contributed by atoms with Crippen molar-refractivity contribution in [3.8, 4) is 17.1 Å². The third-order valence-corrected chi connectivity index (χ3v) is 6.12. The van der Waals surface area contributed by atoms with Crippen LogP contribution in [0.25, 0.3) is 60.8 Å². The first kappa shape index (κ1) is 17.3. The van der Waals surface area contributed by atoms with Gasteiger partial charge in [0.1, 0.15) is 11.2 Å². The average Bonchev–Trinajstić information content (AvgIpc) is 3.38. The Bertz CT molecular complexity index is 1760. The Morgan fingerprint density at radius 2 is 1.25 bits per heavy atom. The van der Waals surface area contributed by atoms with Gasteiger partial charge in [0.15, 0.2) is 0 Å². The monoisotopic (exact) mass is 411 g/mol. The van der Waals surface area contributed by atoms with Crippen molar-refractivity contribution in [1.29, 1.82) is 0 Å². The Kier molecular flexibility index (Phi) is 3.52.